The van der Waals surface area contributed by atoms with E-state index in [1.807, 2.05) is 0 Å². The van der Waals surface area contributed by atoms with Gasteiger partial charge < -0.3 is 10.2 Å². The van der Waals surface area contributed by atoms with Crippen LogP contribution in [0, 0.1) is 0 Å². The summed E-state index contributed by atoms with van der Waals surface area (Å²) in [6, 6.07) is 0. The highest BCUT2D eigenvalue weighted by Crippen LogP contribution is 1.82. The molecule has 1 heterocycles. The lowest BCUT2D eigenvalue weighted by molar-refractivity contribution is 0.291. The fourth-order valence-electron chi connectivity index (χ4n) is 0.284. The van der Waals surface area contributed by atoms with Gasteiger partial charge in [0.15, 0.2) is 0 Å². The number of nitrogens with zero attached hydrogens (tertiary/aromatic N) is 1. The molecule has 0 radical (unpaired) electrons. The second-order valence-electron chi connectivity index (χ2n) is 1.20. The SMILES string of the molecule is Cl.Cl.[2H]C1N(C)C([2H])([2H])C([2H])([2H])N([2H])C1([2H])[2H]. The van der Waals surface area contributed by atoms with Gasteiger partial charge in [-0.25, -0.2) is 0 Å². The molecule has 1 atom stereocenters. The maximum Gasteiger partial charge on any atom is 0.122 e. The van der Waals surface area contributed by atoms with Crippen molar-refractivity contribution >= 4 is 24.8 Å². The minimum absolute atomic E-state index is 0. The Morgan fingerprint density at radius 2 is 2.22 bits per heavy atom. The predicted molar refractivity (Wildman–Crippen MR) is 44.9 cm³/mol. The summed E-state index contributed by atoms with van der Waals surface area (Å²) in [6.45, 7) is -9.63. The van der Waals surface area contributed by atoms with Gasteiger partial charge in [0, 0.05) is 35.6 Å². The molecule has 4 heteroatoms. The van der Waals surface area contributed by atoms with E-state index in [1.54, 1.807) is 0 Å². The number of hydrogen-bond donors (Lipinski definition) is 1. The molecular formula is C5H14Cl2N2. The van der Waals surface area contributed by atoms with Crippen molar-refractivity contribution in [2.75, 3.05) is 33.1 Å². The van der Waals surface area contributed by atoms with Crippen molar-refractivity contribution in [3.8, 4) is 0 Å². The lowest BCUT2D eigenvalue weighted by Crippen LogP contribution is -2.40. The second kappa shape index (κ2) is 6.62. The maximum atomic E-state index is 7.44. The first-order valence-corrected chi connectivity index (χ1v) is 1.91. The highest BCUT2D eigenvalue weighted by atomic mass is 35.5. The summed E-state index contributed by atoms with van der Waals surface area (Å²) in [5.41, 5.74) is 0. The van der Waals surface area contributed by atoms with Crippen LogP contribution < -0.4 is 5.31 Å². The third-order valence-corrected chi connectivity index (χ3v) is 0.598. The highest BCUT2D eigenvalue weighted by molar-refractivity contribution is 5.85. The van der Waals surface area contributed by atoms with Crippen molar-refractivity contribution in [2.45, 2.75) is 0 Å². The minimum Gasteiger partial charge on any atom is -0.314 e. The van der Waals surface area contributed by atoms with Crippen LogP contribution in [-0.2, 0) is 0 Å². The van der Waals surface area contributed by atoms with E-state index in [-0.39, 0.29) is 30.1 Å². The first-order chi connectivity index (χ1) is 6.47. The fourth-order valence-corrected chi connectivity index (χ4v) is 0.284. The Hall–Kier alpha value is 0.500. The van der Waals surface area contributed by atoms with Gasteiger partial charge in [0.25, 0.3) is 0 Å². The van der Waals surface area contributed by atoms with Gasteiger partial charge in [-0.05, 0) is 7.05 Å². The van der Waals surface area contributed by atoms with Gasteiger partial charge in [-0.3, -0.25) is 0 Å². The maximum absolute atomic E-state index is 7.44. The smallest absolute Gasteiger partial charge is 0.122 e. The summed E-state index contributed by atoms with van der Waals surface area (Å²) < 4.78 is 59.1. The number of likely N-dealkylation sites (N-methyl/N-ethyl adjacent to an activating group) is 1. The normalized spacial score (nSPS) is 59.9. The zero-order valence-corrected chi connectivity index (χ0v) is 6.42. The molecule has 1 rings (SSSR count). The van der Waals surface area contributed by atoms with E-state index >= 15 is 0 Å². The van der Waals surface area contributed by atoms with E-state index in [2.05, 4.69) is 0 Å². The topological polar surface area (TPSA) is 15.3 Å². The van der Waals surface area contributed by atoms with Crippen molar-refractivity contribution in [3.63, 3.8) is 0 Å². The van der Waals surface area contributed by atoms with Crippen LogP contribution in [0.2, 0.25) is 1.41 Å². The van der Waals surface area contributed by atoms with Crippen LogP contribution in [0.25, 0.3) is 0 Å². The van der Waals surface area contributed by atoms with E-state index < -0.39 is 26.0 Å². The fraction of sp³-hybridized carbons (Fsp3) is 1.00. The van der Waals surface area contributed by atoms with Crippen LogP contribution in [-0.4, -0.2) is 38.0 Å². The van der Waals surface area contributed by atoms with Crippen molar-refractivity contribution in [1.82, 2.24) is 10.2 Å². The van der Waals surface area contributed by atoms with Gasteiger partial charge >= 0.3 is 0 Å². The molecule has 58 valence electrons. The quantitative estimate of drug-likeness (QED) is 0.580. The van der Waals surface area contributed by atoms with E-state index in [4.69, 9.17) is 11.0 Å². The first kappa shape index (κ1) is 2.86. The standard InChI is InChI=1S/C5H12N2.2ClH/c1-7-4-2-6-3-5-7;;/h6H,2-5H2,1H3;2*1H/i2D2,3D2,4D,5D2;;/hD. The van der Waals surface area contributed by atoms with Crippen molar-refractivity contribution < 1.29 is 11.0 Å². The van der Waals surface area contributed by atoms with E-state index in [1.165, 1.54) is 0 Å². The number of halogens is 2. The molecule has 0 aliphatic carbocycles. The summed E-state index contributed by atoms with van der Waals surface area (Å²) in [7, 11) is 1.13. The van der Waals surface area contributed by atoms with Crippen molar-refractivity contribution in [2.24, 2.45) is 0 Å². The molecule has 0 aromatic carbocycles. The Kier molecular flexibility index (Phi) is 2.10. The van der Waals surface area contributed by atoms with Crippen LogP contribution in [0.4, 0.5) is 0 Å². The molecule has 0 spiro atoms. The summed E-state index contributed by atoms with van der Waals surface area (Å²) in [5.74, 6) is 0. The van der Waals surface area contributed by atoms with Crippen molar-refractivity contribution in [1.29, 1.82) is 0 Å². The lowest BCUT2D eigenvalue weighted by Gasteiger charge is -2.21. The van der Waals surface area contributed by atoms with Gasteiger partial charge in [-0.1, -0.05) is 0 Å². The Morgan fingerprint density at radius 3 is 2.89 bits per heavy atom. The van der Waals surface area contributed by atoms with E-state index in [9.17, 15) is 0 Å². The first-order valence-electron chi connectivity index (χ1n) is 5.94. The van der Waals surface area contributed by atoms with Gasteiger partial charge in [0.1, 0.15) is 1.41 Å². The molecule has 1 saturated heterocycles. The summed E-state index contributed by atoms with van der Waals surface area (Å²) in [6.07, 6.45) is 0. The zero-order chi connectivity index (χ0) is 12.2. The summed E-state index contributed by atoms with van der Waals surface area (Å²) in [4.78, 5) is 0.651. The summed E-state index contributed by atoms with van der Waals surface area (Å²) >= 11 is 0. The Labute approximate surface area is 80.1 Å². The zero-order valence-electron chi connectivity index (χ0n) is 12.8. The Balaban J connectivity index is 0. The molecule has 0 bridgehead atoms. The monoisotopic (exact) mass is 180 g/mol. The largest absolute Gasteiger partial charge is 0.314 e. The predicted octanol–water partition coefficient (Wildman–Crippen LogP) is 0.365. The van der Waals surface area contributed by atoms with Crippen LogP contribution in [0.1, 0.15) is 9.60 Å². The lowest BCUT2D eigenvalue weighted by atomic mass is 10.4. The minimum atomic E-state index is -2.82. The van der Waals surface area contributed by atoms with Crippen LogP contribution >= 0.6 is 24.8 Å². The molecule has 0 saturated carbocycles. The summed E-state index contributed by atoms with van der Waals surface area (Å²) in [5, 5.41) is -0.113. The molecule has 1 unspecified atom stereocenters. The van der Waals surface area contributed by atoms with Crippen LogP contribution in [0.5, 0.6) is 0 Å². The molecule has 0 amide bonds. The molecule has 1 aliphatic heterocycles. The molecule has 0 aromatic rings. The number of rotatable bonds is 0. The molecular weight excluding hydrogens is 159 g/mol. The van der Waals surface area contributed by atoms with E-state index in [0.29, 0.717) is 4.90 Å². The average Bonchev–Trinajstić information content (AvgIpc) is 2.12. The third-order valence-electron chi connectivity index (χ3n) is 0.598. The Bertz CT molecular complexity index is 275. The van der Waals surface area contributed by atoms with Gasteiger partial charge in [0.05, 0.1) is 0 Å². The van der Waals surface area contributed by atoms with Gasteiger partial charge in [-0.2, -0.15) is 0 Å². The van der Waals surface area contributed by atoms with E-state index in [0.717, 1.165) is 7.05 Å². The number of hydrogen-bond acceptors (Lipinski definition) is 2. The molecule has 2 nitrogen and oxygen atoms in total. The van der Waals surface area contributed by atoms with Crippen LogP contribution in [0.15, 0.2) is 0 Å². The number of piperazine rings is 1. The van der Waals surface area contributed by atoms with Gasteiger partial charge in [0.2, 0.25) is 0 Å². The molecule has 0 aromatic heterocycles. The average molecular weight is 181 g/mol. The third kappa shape index (κ3) is 4.97. The van der Waals surface area contributed by atoms with Crippen LogP contribution in [0.3, 0.4) is 0 Å². The van der Waals surface area contributed by atoms with Crippen molar-refractivity contribution in [3.05, 3.63) is 0 Å². The Morgan fingerprint density at radius 1 is 1.56 bits per heavy atom. The van der Waals surface area contributed by atoms with Gasteiger partial charge in [-0.15, -0.1) is 24.8 Å². The number of nitrogens with one attached hydrogen (secondary N) is 1. The highest BCUT2D eigenvalue weighted by Gasteiger charge is 2.01. The molecule has 1 fully saturated rings. The molecule has 1 aliphatic rings. The molecule has 9 heavy (non-hydrogen) atoms. The second-order valence-corrected chi connectivity index (χ2v) is 1.20. The molecule has 1 N–H and O–H groups in total.